The van der Waals surface area contributed by atoms with E-state index in [9.17, 15) is 4.79 Å². The highest BCUT2D eigenvalue weighted by Crippen LogP contribution is 2.21. The number of rotatable bonds is 8. The first-order valence-corrected chi connectivity index (χ1v) is 8.77. The molecule has 0 aliphatic rings. The van der Waals surface area contributed by atoms with Crippen molar-refractivity contribution in [3.05, 3.63) is 58.6 Å². The minimum atomic E-state index is -0.517. The van der Waals surface area contributed by atoms with E-state index in [1.165, 1.54) is 0 Å². The lowest BCUT2D eigenvalue weighted by atomic mass is 10.2. The van der Waals surface area contributed by atoms with Crippen LogP contribution < -0.4 is 14.8 Å². The van der Waals surface area contributed by atoms with Gasteiger partial charge in [0.05, 0.1) is 6.54 Å². The van der Waals surface area contributed by atoms with E-state index < -0.39 is 6.10 Å². The minimum Gasteiger partial charge on any atom is -0.492 e. The molecule has 0 aliphatic heterocycles. The van der Waals surface area contributed by atoms with Gasteiger partial charge in [-0.25, -0.2) is 0 Å². The Balaban J connectivity index is 1.77. The Bertz CT molecular complexity index is 701. The van der Waals surface area contributed by atoms with Crippen molar-refractivity contribution < 1.29 is 14.3 Å². The van der Waals surface area contributed by atoms with Gasteiger partial charge in [-0.2, -0.15) is 0 Å². The van der Waals surface area contributed by atoms with Crippen LogP contribution in [0.5, 0.6) is 11.5 Å². The van der Waals surface area contributed by atoms with Crippen molar-refractivity contribution in [2.24, 2.45) is 0 Å². The van der Waals surface area contributed by atoms with E-state index in [-0.39, 0.29) is 5.91 Å². The number of carbonyl (C=O) groups is 1. The van der Waals surface area contributed by atoms with E-state index in [0.717, 1.165) is 11.1 Å². The highest BCUT2D eigenvalue weighted by atomic mass is 35.5. The van der Waals surface area contributed by atoms with Crippen LogP contribution in [0.2, 0.25) is 5.02 Å². The summed E-state index contributed by atoms with van der Waals surface area (Å²) < 4.78 is 11.4. The third-order valence-corrected chi connectivity index (χ3v) is 4.18. The van der Waals surface area contributed by atoms with Crippen molar-refractivity contribution in [3.8, 4) is 11.5 Å². The number of nitrogens with one attached hydrogen (secondary N) is 1. The average molecular weight is 362 g/mol. The van der Waals surface area contributed by atoms with Crippen LogP contribution in [-0.4, -0.2) is 25.2 Å². The number of halogens is 1. The molecule has 2 aromatic carbocycles. The average Bonchev–Trinajstić information content (AvgIpc) is 2.61. The number of amides is 1. The molecular weight excluding hydrogens is 338 g/mol. The van der Waals surface area contributed by atoms with Gasteiger partial charge in [0.2, 0.25) is 0 Å². The van der Waals surface area contributed by atoms with Gasteiger partial charge in [0, 0.05) is 5.02 Å². The Morgan fingerprint density at radius 3 is 2.44 bits per heavy atom. The van der Waals surface area contributed by atoms with E-state index in [0.29, 0.717) is 36.1 Å². The van der Waals surface area contributed by atoms with Crippen LogP contribution in [0.4, 0.5) is 0 Å². The van der Waals surface area contributed by atoms with Gasteiger partial charge in [-0.3, -0.25) is 4.79 Å². The Hall–Kier alpha value is -2.20. The molecule has 134 valence electrons. The molecule has 1 N–H and O–H groups in total. The lowest BCUT2D eigenvalue weighted by Gasteiger charge is -2.17. The molecule has 1 amide bonds. The summed E-state index contributed by atoms with van der Waals surface area (Å²) in [6.07, 6.45) is 0.0743. The molecule has 0 saturated heterocycles. The van der Waals surface area contributed by atoms with Gasteiger partial charge in [-0.1, -0.05) is 42.3 Å². The maximum atomic E-state index is 12.2. The molecule has 0 radical (unpaired) electrons. The van der Waals surface area contributed by atoms with E-state index in [2.05, 4.69) is 5.32 Å². The number of hydrogen-bond donors (Lipinski definition) is 1. The molecule has 0 fully saturated rings. The summed E-state index contributed by atoms with van der Waals surface area (Å²) in [6, 6.07) is 13.2. The van der Waals surface area contributed by atoms with E-state index in [4.69, 9.17) is 21.1 Å². The van der Waals surface area contributed by atoms with E-state index in [1.54, 1.807) is 6.07 Å². The van der Waals surface area contributed by atoms with Crippen LogP contribution in [0.15, 0.2) is 42.5 Å². The van der Waals surface area contributed by atoms with Crippen LogP contribution in [0.3, 0.4) is 0 Å². The third kappa shape index (κ3) is 5.98. The Morgan fingerprint density at radius 1 is 1.12 bits per heavy atom. The topological polar surface area (TPSA) is 47.6 Å². The molecule has 25 heavy (non-hydrogen) atoms. The molecule has 0 heterocycles. The second kappa shape index (κ2) is 9.33. The molecule has 2 rings (SSSR count). The van der Waals surface area contributed by atoms with Crippen molar-refractivity contribution in [1.82, 2.24) is 5.32 Å². The minimum absolute atomic E-state index is 0.145. The standard InChI is InChI=1S/C20H24ClNO3/c1-4-19(25-16-8-5-14(2)6-9-16)20(23)22-11-12-24-17-10-7-15(3)18(21)13-17/h5-10,13,19H,4,11-12H2,1-3H3,(H,22,23)/t19-/m0/s1. The molecule has 4 nitrogen and oxygen atoms in total. The van der Waals surface area contributed by atoms with Crippen molar-refractivity contribution in [3.63, 3.8) is 0 Å². The molecule has 0 spiro atoms. The monoisotopic (exact) mass is 361 g/mol. The first kappa shape index (κ1) is 19.1. The highest BCUT2D eigenvalue weighted by molar-refractivity contribution is 6.31. The predicted molar refractivity (Wildman–Crippen MR) is 101 cm³/mol. The zero-order valence-corrected chi connectivity index (χ0v) is 15.6. The van der Waals surface area contributed by atoms with Gasteiger partial charge in [-0.05, 0) is 50.1 Å². The van der Waals surface area contributed by atoms with Crippen LogP contribution in [0, 0.1) is 13.8 Å². The predicted octanol–water partition coefficient (Wildman–Crippen LogP) is 4.31. The molecule has 1 atom stereocenters. The second-order valence-electron chi connectivity index (χ2n) is 5.88. The Kier molecular flexibility index (Phi) is 7.14. The first-order chi connectivity index (χ1) is 12.0. The zero-order chi connectivity index (χ0) is 18.2. The van der Waals surface area contributed by atoms with E-state index in [1.807, 2.05) is 57.2 Å². The summed E-state index contributed by atoms with van der Waals surface area (Å²) in [5, 5.41) is 3.51. The zero-order valence-electron chi connectivity index (χ0n) is 14.8. The lowest BCUT2D eigenvalue weighted by molar-refractivity contribution is -0.128. The van der Waals surface area contributed by atoms with Crippen molar-refractivity contribution in [2.45, 2.75) is 33.3 Å². The SMILES string of the molecule is CC[C@H](Oc1ccc(C)cc1)C(=O)NCCOc1ccc(C)c(Cl)c1. The largest absolute Gasteiger partial charge is 0.492 e. The van der Waals surface area contributed by atoms with Gasteiger partial charge in [-0.15, -0.1) is 0 Å². The van der Waals surface area contributed by atoms with Gasteiger partial charge >= 0.3 is 0 Å². The van der Waals surface area contributed by atoms with Crippen LogP contribution >= 0.6 is 11.6 Å². The molecule has 2 aromatic rings. The molecule has 0 bridgehead atoms. The summed E-state index contributed by atoms with van der Waals surface area (Å²) in [6.45, 7) is 6.63. The van der Waals surface area contributed by atoms with Crippen molar-refractivity contribution in [1.29, 1.82) is 0 Å². The second-order valence-corrected chi connectivity index (χ2v) is 6.29. The molecular formula is C20H24ClNO3. The maximum absolute atomic E-state index is 12.2. The number of benzene rings is 2. The lowest BCUT2D eigenvalue weighted by Crippen LogP contribution is -2.39. The first-order valence-electron chi connectivity index (χ1n) is 8.39. The van der Waals surface area contributed by atoms with Crippen molar-refractivity contribution >= 4 is 17.5 Å². The molecule has 0 aliphatic carbocycles. The summed E-state index contributed by atoms with van der Waals surface area (Å²) in [7, 11) is 0. The summed E-state index contributed by atoms with van der Waals surface area (Å²) in [4.78, 5) is 12.2. The van der Waals surface area contributed by atoms with Gasteiger partial charge in [0.25, 0.3) is 5.91 Å². The molecule has 0 saturated carbocycles. The molecule has 5 heteroatoms. The summed E-state index contributed by atoms with van der Waals surface area (Å²) >= 11 is 6.06. The maximum Gasteiger partial charge on any atom is 0.261 e. The normalized spacial score (nSPS) is 11.7. The molecule has 0 unspecified atom stereocenters. The van der Waals surface area contributed by atoms with Gasteiger partial charge in [0.1, 0.15) is 18.1 Å². The fourth-order valence-electron chi connectivity index (χ4n) is 2.22. The van der Waals surface area contributed by atoms with Crippen LogP contribution in [0.25, 0.3) is 0 Å². The van der Waals surface area contributed by atoms with Crippen molar-refractivity contribution in [2.75, 3.05) is 13.2 Å². The summed E-state index contributed by atoms with van der Waals surface area (Å²) in [5.74, 6) is 1.24. The van der Waals surface area contributed by atoms with Gasteiger partial charge in [0.15, 0.2) is 6.10 Å². The van der Waals surface area contributed by atoms with Crippen LogP contribution in [-0.2, 0) is 4.79 Å². The summed E-state index contributed by atoms with van der Waals surface area (Å²) in [5.41, 5.74) is 2.15. The number of hydrogen-bond acceptors (Lipinski definition) is 3. The number of ether oxygens (including phenoxy) is 2. The fraction of sp³-hybridized carbons (Fsp3) is 0.350. The highest BCUT2D eigenvalue weighted by Gasteiger charge is 2.17. The number of carbonyl (C=O) groups excluding carboxylic acids is 1. The van der Waals surface area contributed by atoms with Gasteiger partial charge < -0.3 is 14.8 Å². The quantitative estimate of drug-likeness (QED) is 0.713. The van der Waals surface area contributed by atoms with Crippen LogP contribution in [0.1, 0.15) is 24.5 Å². The Morgan fingerprint density at radius 2 is 1.80 bits per heavy atom. The fourth-order valence-corrected chi connectivity index (χ4v) is 2.39. The number of aryl methyl sites for hydroxylation is 2. The van der Waals surface area contributed by atoms with E-state index >= 15 is 0 Å². The Labute approximate surface area is 154 Å². The smallest absolute Gasteiger partial charge is 0.261 e. The third-order valence-electron chi connectivity index (χ3n) is 3.78. The molecule has 0 aromatic heterocycles.